The quantitative estimate of drug-likeness (QED) is 0.845. The summed E-state index contributed by atoms with van der Waals surface area (Å²) in [5, 5.41) is 6.43. The lowest BCUT2D eigenvalue weighted by molar-refractivity contribution is -0.118. The number of amides is 1. The summed E-state index contributed by atoms with van der Waals surface area (Å²) >= 11 is 0. The van der Waals surface area contributed by atoms with E-state index in [-0.39, 0.29) is 18.3 Å². The third-order valence-corrected chi connectivity index (χ3v) is 4.10. The molecule has 5 heteroatoms. The Morgan fingerprint density at radius 1 is 1.32 bits per heavy atom. The van der Waals surface area contributed by atoms with Gasteiger partial charge >= 0.3 is 0 Å². The molecule has 1 amide bonds. The summed E-state index contributed by atoms with van der Waals surface area (Å²) in [6.45, 7) is 7.80. The number of nitrogens with one attached hydrogen (secondary N) is 2. The molecule has 4 nitrogen and oxygen atoms in total. The van der Waals surface area contributed by atoms with Crippen LogP contribution in [0.2, 0.25) is 0 Å². The van der Waals surface area contributed by atoms with Crippen molar-refractivity contribution in [1.82, 2.24) is 10.2 Å². The topological polar surface area (TPSA) is 44.4 Å². The van der Waals surface area contributed by atoms with Crippen LogP contribution in [0.5, 0.6) is 0 Å². The van der Waals surface area contributed by atoms with Crippen LogP contribution in [0.25, 0.3) is 0 Å². The average molecular weight is 326 g/mol. The predicted octanol–water partition coefficient (Wildman–Crippen LogP) is 2.82. The molecule has 0 atom stereocenters. The number of piperidine rings is 1. The Kier molecular flexibility index (Phi) is 8.46. The van der Waals surface area contributed by atoms with Crippen LogP contribution in [0.4, 0.5) is 5.69 Å². The van der Waals surface area contributed by atoms with Crippen LogP contribution in [0.1, 0.15) is 31.7 Å². The van der Waals surface area contributed by atoms with Crippen LogP contribution in [-0.4, -0.2) is 43.0 Å². The molecule has 22 heavy (non-hydrogen) atoms. The molecule has 0 bridgehead atoms. The zero-order chi connectivity index (χ0) is 15.1. The van der Waals surface area contributed by atoms with E-state index in [1.807, 2.05) is 31.2 Å². The second-order valence-electron chi connectivity index (χ2n) is 5.81. The molecular weight excluding hydrogens is 298 g/mol. The summed E-state index contributed by atoms with van der Waals surface area (Å²) in [6.07, 6.45) is 3.36. The Balaban J connectivity index is 0.00000242. The van der Waals surface area contributed by atoms with Crippen molar-refractivity contribution < 1.29 is 4.79 Å². The third kappa shape index (κ3) is 5.59. The van der Waals surface area contributed by atoms with Crippen LogP contribution in [0.15, 0.2) is 24.3 Å². The molecule has 0 aliphatic carbocycles. The van der Waals surface area contributed by atoms with Crippen molar-refractivity contribution >= 4 is 24.0 Å². The number of carbonyl (C=O) groups excluding carboxylic acids is 1. The summed E-state index contributed by atoms with van der Waals surface area (Å²) in [5.41, 5.74) is 2.03. The number of rotatable bonds is 6. The molecule has 2 rings (SSSR count). The lowest BCUT2D eigenvalue weighted by atomic mass is 10.0. The molecule has 124 valence electrons. The predicted molar refractivity (Wildman–Crippen MR) is 94.8 cm³/mol. The summed E-state index contributed by atoms with van der Waals surface area (Å²) in [4.78, 5) is 14.7. The van der Waals surface area contributed by atoms with Gasteiger partial charge in [-0.1, -0.05) is 25.1 Å². The molecule has 0 spiro atoms. The first kappa shape index (κ1) is 18.9. The van der Waals surface area contributed by atoms with Gasteiger partial charge in [-0.15, -0.1) is 12.4 Å². The maximum Gasteiger partial charge on any atom is 0.238 e. The Bertz CT molecular complexity index is 461. The van der Waals surface area contributed by atoms with E-state index in [0.29, 0.717) is 12.6 Å². The van der Waals surface area contributed by atoms with E-state index < -0.39 is 0 Å². The van der Waals surface area contributed by atoms with E-state index in [1.165, 1.54) is 0 Å². The lowest BCUT2D eigenvalue weighted by Gasteiger charge is -2.34. The van der Waals surface area contributed by atoms with E-state index in [4.69, 9.17) is 0 Å². The molecule has 0 unspecified atom stereocenters. The fraction of sp³-hybridized carbons (Fsp3) is 0.588. The van der Waals surface area contributed by atoms with Crippen molar-refractivity contribution in [2.75, 3.05) is 31.5 Å². The zero-order valence-corrected chi connectivity index (χ0v) is 14.4. The number of carbonyl (C=O) groups is 1. The fourth-order valence-corrected chi connectivity index (χ4v) is 2.94. The summed E-state index contributed by atoms with van der Waals surface area (Å²) in [5.74, 6) is 0.0938. The Hall–Kier alpha value is -1.10. The molecule has 1 saturated heterocycles. The molecule has 0 aromatic heterocycles. The summed E-state index contributed by atoms with van der Waals surface area (Å²) in [7, 11) is 0. The number of para-hydroxylation sites is 1. The van der Waals surface area contributed by atoms with Crippen LogP contribution >= 0.6 is 12.4 Å². The molecule has 2 N–H and O–H groups in total. The normalized spacial score (nSPS) is 15.4. The standard InChI is InChI=1S/C17H27N3O.ClH/c1-3-12-20(15-8-10-18-11-9-15)13-17(21)19-16-7-5-4-6-14(16)2;/h4-7,15,18H,3,8-13H2,1-2H3,(H,19,21);1H. The number of aryl methyl sites for hydroxylation is 1. The SMILES string of the molecule is CCCN(CC(=O)Nc1ccccc1C)C1CCNCC1.Cl. The second kappa shape index (κ2) is 9.82. The van der Waals surface area contributed by atoms with Gasteiger partial charge in [-0.2, -0.15) is 0 Å². The van der Waals surface area contributed by atoms with Gasteiger partial charge in [-0.3, -0.25) is 9.69 Å². The highest BCUT2D eigenvalue weighted by atomic mass is 35.5. The van der Waals surface area contributed by atoms with Crippen LogP contribution in [0.3, 0.4) is 0 Å². The van der Waals surface area contributed by atoms with Gasteiger partial charge in [0.1, 0.15) is 0 Å². The number of hydrogen-bond acceptors (Lipinski definition) is 3. The number of anilines is 1. The van der Waals surface area contributed by atoms with Crippen molar-refractivity contribution in [2.45, 2.75) is 39.2 Å². The molecule has 1 aromatic rings. The fourth-order valence-electron chi connectivity index (χ4n) is 2.94. The summed E-state index contributed by atoms with van der Waals surface area (Å²) < 4.78 is 0. The van der Waals surface area contributed by atoms with Crippen LogP contribution in [0, 0.1) is 6.92 Å². The largest absolute Gasteiger partial charge is 0.325 e. The smallest absolute Gasteiger partial charge is 0.238 e. The molecule has 1 aliphatic heterocycles. The second-order valence-corrected chi connectivity index (χ2v) is 5.81. The molecular formula is C17H28ClN3O. The molecule has 0 saturated carbocycles. The highest BCUT2D eigenvalue weighted by Crippen LogP contribution is 2.15. The van der Waals surface area contributed by atoms with E-state index in [9.17, 15) is 4.79 Å². The molecule has 1 aromatic carbocycles. The lowest BCUT2D eigenvalue weighted by Crippen LogP contribution is -2.46. The first-order valence-corrected chi connectivity index (χ1v) is 8.01. The Morgan fingerprint density at radius 2 is 2.00 bits per heavy atom. The Labute approximate surface area is 140 Å². The van der Waals surface area contributed by atoms with Crippen molar-refractivity contribution in [3.63, 3.8) is 0 Å². The van der Waals surface area contributed by atoms with Crippen molar-refractivity contribution in [1.29, 1.82) is 0 Å². The minimum absolute atomic E-state index is 0. The van der Waals surface area contributed by atoms with Gasteiger partial charge in [0.05, 0.1) is 6.54 Å². The highest BCUT2D eigenvalue weighted by molar-refractivity contribution is 5.92. The zero-order valence-electron chi connectivity index (χ0n) is 13.6. The van der Waals surface area contributed by atoms with E-state index in [0.717, 1.165) is 50.1 Å². The third-order valence-electron chi connectivity index (χ3n) is 4.10. The maximum absolute atomic E-state index is 12.3. The van der Waals surface area contributed by atoms with Crippen LogP contribution in [-0.2, 0) is 4.79 Å². The maximum atomic E-state index is 12.3. The van der Waals surface area contributed by atoms with Crippen molar-refractivity contribution in [3.8, 4) is 0 Å². The molecule has 1 aliphatic rings. The van der Waals surface area contributed by atoms with Crippen molar-refractivity contribution in [3.05, 3.63) is 29.8 Å². The number of nitrogens with zero attached hydrogens (tertiary/aromatic N) is 1. The van der Waals surface area contributed by atoms with Gasteiger partial charge in [0.25, 0.3) is 0 Å². The number of hydrogen-bond donors (Lipinski definition) is 2. The molecule has 1 heterocycles. The minimum Gasteiger partial charge on any atom is -0.325 e. The monoisotopic (exact) mass is 325 g/mol. The first-order chi connectivity index (χ1) is 10.2. The average Bonchev–Trinajstić information content (AvgIpc) is 2.50. The van der Waals surface area contributed by atoms with E-state index >= 15 is 0 Å². The van der Waals surface area contributed by atoms with Crippen LogP contribution < -0.4 is 10.6 Å². The van der Waals surface area contributed by atoms with E-state index in [2.05, 4.69) is 22.5 Å². The number of halogens is 1. The first-order valence-electron chi connectivity index (χ1n) is 8.01. The molecule has 1 fully saturated rings. The number of benzene rings is 1. The van der Waals surface area contributed by atoms with Gasteiger partial charge in [-0.25, -0.2) is 0 Å². The molecule has 0 radical (unpaired) electrons. The van der Waals surface area contributed by atoms with Gasteiger partial charge < -0.3 is 10.6 Å². The highest BCUT2D eigenvalue weighted by Gasteiger charge is 2.22. The summed E-state index contributed by atoms with van der Waals surface area (Å²) in [6, 6.07) is 8.46. The minimum atomic E-state index is 0. The van der Waals surface area contributed by atoms with Crippen molar-refractivity contribution in [2.24, 2.45) is 0 Å². The van der Waals surface area contributed by atoms with E-state index in [1.54, 1.807) is 0 Å². The van der Waals surface area contributed by atoms with Gasteiger partial charge in [-0.05, 0) is 57.5 Å². The van der Waals surface area contributed by atoms with Gasteiger partial charge in [0.2, 0.25) is 5.91 Å². The van der Waals surface area contributed by atoms with Gasteiger partial charge in [0.15, 0.2) is 0 Å². The van der Waals surface area contributed by atoms with Gasteiger partial charge in [0, 0.05) is 11.7 Å². The Morgan fingerprint density at radius 3 is 2.64 bits per heavy atom.